The quantitative estimate of drug-likeness (QED) is 0.557. The number of imide groups is 1. The summed E-state index contributed by atoms with van der Waals surface area (Å²) < 4.78 is 18.8. The molecule has 2 amide bonds. The Balaban J connectivity index is 1.88. The van der Waals surface area contributed by atoms with Crippen molar-refractivity contribution < 1.29 is 18.7 Å². The van der Waals surface area contributed by atoms with Crippen LogP contribution in [0.4, 0.5) is 10.1 Å². The first-order chi connectivity index (χ1) is 13.5. The summed E-state index contributed by atoms with van der Waals surface area (Å²) in [5.41, 5.74) is 1.65. The zero-order valence-electron chi connectivity index (χ0n) is 15.9. The summed E-state index contributed by atoms with van der Waals surface area (Å²) in [5.74, 6) is -1.18. The molecule has 1 N–H and O–H groups in total. The Labute approximate surface area is 163 Å². The van der Waals surface area contributed by atoms with Gasteiger partial charge in [0.05, 0.1) is 11.7 Å². The van der Waals surface area contributed by atoms with Crippen molar-refractivity contribution in [3.8, 4) is 0 Å². The number of carbonyl (C=O) groups excluding carboxylic acids is 2. The summed E-state index contributed by atoms with van der Waals surface area (Å²) in [7, 11) is 0. The standard InChI is InChI=1S/C22H23FN2O3/c1-15(2)28-14-6-13-25-21(26)19(16-9-11-17(23)12-10-16)20(22(25)27)24-18-7-4-3-5-8-18/h3-5,7-12,15,24H,6,13-14H2,1-2H3. The molecule has 2 aromatic carbocycles. The van der Waals surface area contributed by atoms with Crippen LogP contribution >= 0.6 is 0 Å². The SMILES string of the molecule is CC(C)OCCCN1C(=O)C(Nc2ccccc2)=C(c2ccc(F)cc2)C1=O. The van der Waals surface area contributed by atoms with Crippen LogP contribution in [0.2, 0.25) is 0 Å². The largest absolute Gasteiger partial charge is 0.379 e. The topological polar surface area (TPSA) is 58.6 Å². The second-order valence-corrected chi connectivity index (χ2v) is 6.78. The summed E-state index contributed by atoms with van der Waals surface area (Å²) in [6.45, 7) is 4.58. The highest BCUT2D eigenvalue weighted by molar-refractivity contribution is 6.36. The normalized spacial score (nSPS) is 14.4. The Bertz CT molecular complexity index is 876. The van der Waals surface area contributed by atoms with Crippen molar-refractivity contribution in [2.45, 2.75) is 26.4 Å². The Hall–Kier alpha value is -2.99. The first-order valence-electron chi connectivity index (χ1n) is 9.27. The molecular formula is C22H23FN2O3. The molecule has 0 spiro atoms. The third kappa shape index (κ3) is 4.46. The van der Waals surface area contributed by atoms with Gasteiger partial charge in [0.25, 0.3) is 11.8 Å². The van der Waals surface area contributed by atoms with Gasteiger partial charge in [0, 0.05) is 18.8 Å². The molecule has 6 heteroatoms. The minimum absolute atomic E-state index is 0.0909. The van der Waals surface area contributed by atoms with Crippen LogP contribution in [0.1, 0.15) is 25.8 Å². The van der Waals surface area contributed by atoms with Crippen molar-refractivity contribution in [3.63, 3.8) is 0 Å². The van der Waals surface area contributed by atoms with Gasteiger partial charge in [-0.15, -0.1) is 0 Å². The van der Waals surface area contributed by atoms with E-state index in [9.17, 15) is 14.0 Å². The van der Waals surface area contributed by atoms with Crippen LogP contribution in [0.3, 0.4) is 0 Å². The minimum Gasteiger partial charge on any atom is -0.379 e. The van der Waals surface area contributed by atoms with Gasteiger partial charge in [-0.2, -0.15) is 0 Å². The molecule has 3 rings (SSSR count). The average molecular weight is 382 g/mol. The maximum absolute atomic E-state index is 13.3. The fourth-order valence-corrected chi connectivity index (χ4v) is 2.99. The zero-order chi connectivity index (χ0) is 20.1. The van der Waals surface area contributed by atoms with Gasteiger partial charge in [-0.05, 0) is 50.1 Å². The molecule has 0 radical (unpaired) electrons. The lowest BCUT2D eigenvalue weighted by atomic mass is 10.0. The van der Waals surface area contributed by atoms with E-state index in [4.69, 9.17) is 4.74 Å². The van der Waals surface area contributed by atoms with E-state index in [1.165, 1.54) is 29.2 Å². The second kappa shape index (κ2) is 8.80. The first-order valence-corrected chi connectivity index (χ1v) is 9.27. The lowest BCUT2D eigenvalue weighted by Gasteiger charge is -2.16. The van der Waals surface area contributed by atoms with Crippen LogP contribution < -0.4 is 5.32 Å². The molecule has 2 aromatic rings. The van der Waals surface area contributed by atoms with Gasteiger partial charge < -0.3 is 10.1 Å². The van der Waals surface area contributed by atoms with Crippen molar-refractivity contribution in [2.24, 2.45) is 0 Å². The molecule has 0 aliphatic carbocycles. The predicted octanol–water partition coefficient (Wildman–Crippen LogP) is 3.83. The summed E-state index contributed by atoms with van der Waals surface area (Å²) in [6.07, 6.45) is 0.638. The number of hydrogen-bond donors (Lipinski definition) is 1. The summed E-state index contributed by atoms with van der Waals surface area (Å²) in [5, 5.41) is 3.07. The maximum atomic E-state index is 13.3. The molecule has 0 atom stereocenters. The molecule has 0 saturated carbocycles. The highest BCUT2D eigenvalue weighted by atomic mass is 19.1. The Morgan fingerprint density at radius 1 is 1.00 bits per heavy atom. The van der Waals surface area contributed by atoms with E-state index in [0.29, 0.717) is 24.3 Å². The number of nitrogens with zero attached hydrogens (tertiary/aromatic N) is 1. The molecule has 146 valence electrons. The lowest BCUT2D eigenvalue weighted by molar-refractivity contribution is -0.137. The molecule has 28 heavy (non-hydrogen) atoms. The summed E-state index contributed by atoms with van der Waals surface area (Å²) >= 11 is 0. The van der Waals surface area contributed by atoms with Gasteiger partial charge in [-0.3, -0.25) is 14.5 Å². The fourth-order valence-electron chi connectivity index (χ4n) is 2.99. The zero-order valence-corrected chi connectivity index (χ0v) is 15.9. The van der Waals surface area contributed by atoms with Crippen LogP contribution in [-0.4, -0.2) is 36.0 Å². The van der Waals surface area contributed by atoms with Crippen LogP contribution in [0, 0.1) is 5.82 Å². The van der Waals surface area contributed by atoms with Gasteiger partial charge in [0.15, 0.2) is 0 Å². The molecule has 1 heterocycles. The summed E-state index contributed by atoms with van der Waals surface area (Å²) in [6, 6.07) is 14.7. The highest BCUT2D eigenvalue weighted by Gasteiger charge is 2.38. The Kier molecular flexibility index (Phi) is 6.21. The van der Waals surface area contributed by atoms with Crippen molar-refractivity contribution in [1.29, 1.82) is 0 Å². The molecule has 0 saturated heterocycles. The Morgan fingerprint density at radius 2 is 1.68 bits per heavy atom. The maximum Gasteiger partial charge on any atom is 0.278 e. The summed E-state index contributed by atoms with van der Waals surface area (Å²) in [4.78, 5) is 27.2. The van der Waals surface area contributed by atoms with Crippen molar-refractivity contribution in [1.82, 2.24) is 4.90 Å². The number of amides is 2. The predicted molar refractivity (Wildman–Crippen MR) is 106 cm³/mol. The average Bonchev–Trinajstić information content (AvgIpc) is 2.90. The van der Waals surface area contributed by atoms with Crippen molar-refractivity contribution in [3.05, 3.63) is 71.7 Å². The van der Waals surface area contributed by atoms with Crippen molar-refractivity contribution >= 4 is 23.1 Å². The number of nitrogens with one attached hydrogen (secondary N) is 1. The number of halogens is 1. The Morgan fingerprint density at radius 3 is 2.32 bits per heavy atom. The molecule has 1 aliphatic rings. The van der Waals surface area contributed by atoms with E-state index in [2.05, 4.69) is 5.32 Å². The lowest BCUT2D eigenvalue weighted by Crippen LogP contribution is -2.34. The number of carbonyl (C=O) groups is 2. The second-order valence-electron chi connectivity index (χ2n) is 6.78. The van der Waals surface area contributed by atoms with Crippen LogP contribution in [0.5, 0.6) is 0 Å². The van der Waals surface area contributed by atoms with Crippen LogP contribution in [0.15, 0.2) is 60.3 Å². The number of hydrogen-bond acceptors (Lipinski definition) is 4. The molecule has 5 nitrogen and oxygen atoms in total. The molecule has 0 unspecified atom stereocenters. The molecule has 1 aliphatic heterocycles. The molecule has 0 fully saturated rings. The molecule has 0 bridgehead atoms. The van der Waals surface area contributed by atoms with Gasteiger partial charge >= 0.3 is 0 Å². The first kappa shape index (κ1) is 19.8. The number of ether oxygens (including phenoxy) is 1. The fraction of sp³-hybridized carbons (Fsp3) is 0.273. The number of benzene rings is 2. The van der Waals surface area contributed by atoms with Gasteiger partial charge in [-0.25, -0.2) is 4.39 Å². The molecular weight excluding hydrogens is 359 g/mol. The third-order valence-electron chi connectivity index (χ3n) is 4.32. The van der Waals surface area contributed by atoms with Gasteiger partial charge in [0.2, 0.25) is 0 Å². The number of anilines is 1. The van der Waals surface area contributed by atoms with Gasteiger partial charge in [-0.1, -0.05) is 30.3 Å². The van der Waals surface area contributed by atoms with E-state index in [0.717, 1.165) is 0 Å². The molecule has 0 aromatic heterocycles. The van der Waals surface area contributed by atoms with E-state index >= 15 is 0 Å². The highest BCUT2D eigenvalue weighted by Crippen LogP contribution is 2.30. The van der Waals surface area contributed by atoms with E-state index < -0.39 is 11.7 Å². The van der Waals surface area contributed by atoms with E-state index in [-0.39, 0.29) is 29.8 Å². The number of para-hydroxylation sites is 1. The van der Waals surface area contributed by atoms with E-state index in [1.54, 1.807) is 0 Å². The van der Waals surface area contributed by atoms with Crippen LogP contribution in [-0.2, 0) is 14.3 Å². The minimum atomic E-state index is -0.401. The number of rotatable bonds is 8. The van der Waals surface area contributed by atoms with Crippen LogP contribution in [0.25, 0.3) is 5.57 Å². The smallest absolute Gasteiger partial charge is 0.278 e. The third-order valence-corrected chi connectivity index (χ3v) is 4.32. The van der Waals surface area contributed by atoms with E-state index in [1.807, 2.05) is 44.2 Å². The monoisotopic (exact) mass is 382 g/mol. The van der Waals surface area contributed by atoms with Gasteiger partial charge in [0.1, 0.15) is 11.5 Å². The van der Waals surface area contributed by atoms with Crippen molar-refractivity contribution in [2.75, 3.05) is 18.5 Å².